The Morgan fingerprint density at radius 3 is 2.88 bits per heavy atom. The summed E-state index contributed by atoms with van der Waals surface area (Å²) in [5.74, 6) is 0.492. The molecule has 5 heteroatoms. The zero-order valence-corrected chi connectivity index (χ0v) is 11.6. The van der Waals surface area contributed by atoms with Gasteiger partial charge in [-0.3, -0.25) is 4.79 Å². The summed E-state index contributed by atoms with van der Waals surface area (Å²) in [5, 5.41) is 2.87. The second kappa shape index (κ2) is 6.59. The van der Waals surface area contributed by atoms with Crippen LogP contribution in [0, 0.1) is 4.77 Å². The third kappa shape index (κ3) is 4.00. The van der Waals surface area contributed by atoms with Crippen LogP contribution in [0.2, 0.25) is 0 Å². The lowest BCUT2D eigenvalue weighted by Crippen LogP contribution is -2.25. The monoisotopic (exact) mass is 255 g/mol. The molecule has 0 atom stereocenters. The molecule has 96 valence electrons. The molecule has 1 aromatic rings. The summed E-state index contributed by atoms with van der Waals surface area (Å²) in [7, 11) is 0. The highest BCUT2D eigenvalue weighted by Gasteiger charge is 2.09. The SMILES string of the molecule is CCCNC(=O)CCn1c(C(C)C)c[nH]c1=S. The van der Waals surface area contributed by atoms with E-state index < -0.39 is 0 Å². The van der Waals surface area contributed by atoms with E-state index in [0.29, 0.717) is 23.7 Å². The van der Waals surface area contributed by atoms with Crippen LogP contribution in [-0.2, 0) is 11.3 Å². The van der Waals surface area contributed by atoms with Gasteiger partial charge in [0.1, 0.15) is 0 Å². The molecule has 0 aliphatic heterocycles. The van der Waals surface area contributed by atoms with E-state index >= 15 is 0 Å². The van der Waals surface area contributed by atoms with E-state index in [0.717, 1.165) is 18.7 Å². The van der Waals surface area contributed by atoms with Crippen molar-refractivity contribution in [2.24, 2.45) is 0 Å². The molecule has 1 heterocycles. The van der Waals surface area contributed by atoms with Gasteiger partial charge in [-0.05, 0) is 24.6 Å². The molecule has 0 saturated heterocycles. The maximum Gasteiger partial charge on any atom is 0.221 e. The number of aromatic nitrogens is 2. The lowest BCUT2D eigenvalue weighted by molar-refractivity contribution is -0.121. The smallest absolute Gasteiger partial charge is 0.221 e. The fourth-order valence-electron chi connectivity index (χ4n) is 1.68. The van der Waals surface area contributed by atoms with E-state index in [9.17, 15) is 4.79 Å². The van der Waals surface area contributed by atoms with Gasteiger partial charge in [-0.2, -0.15) is 0 Å². The molecule has 0 fully saturated rings. The Bertz CT molecular complexity index is 420. The molecular weight excluding hydrogens is 234 g/mol. The van der Waals surface area contributed by atoms with Gasteiger partial charge in [0.05, 0.1) is 0 Å². The molecule has 1 rings (SSSR count). The summed E-state index contributed by atoms with van der Waals surface area (Å²) in [6, 6.07) is 0. The van der Waals surface area contributed by atoms with E-state index in [2.05, 4.69) is 24.1 Å². The number of nitrogens with zero attached hydrogens (tertiary/aromatic N) is 1. The average molecular weight is 255 g/mol. The highest BCUT2D eigenvalue weighted by atomic mass is 32.1. The molecule has 0 aliphatic carbocycles. The van der Waals surface area contributed by atoms with E-state index in [1.807, 2.05) is 17.7 Å². The summed E-state index contributed by atoms with van der Waals surface area (Å²) in [5.41, 5.74) is 1.15. The quantitative estimate of drug-likeness (QED) is 0.768. The largest absolute Gasteiger partial charge is 0.356 e. The number of carbonyl (C=O) groups is 1. The Labute approximate surface area is 107 Å². The van der Waals surface area contributed by atoms with E-state index in [1.165, 1.54) is 0 Å². The van der Waals surface area contributed by atoms with Crippen molar-refractivity contribution >= 4 is 18.1 Å². The first-order chi connectivity index (χ1) is 8.06. The summed E-state index contributed by atoms with van der Waals surface area (Å²) >= 11 is 5.21. The van der Waals surface area contributed by atoms with Gasteiger partial charge in [-0.25, -0.2) is 0 Å². The maximum atomic E-state index is 11.5. The summed E-state index contributed by atoms with van der Waals surface area (Å²) < 4.78 is 2.70. The Kier molecular flexibility index (Phi) is 5.41. The molecule has 0 aromatic carbocycles. The highest BCUT2D eigenvalue weighted by molar-refractivity contribution is 7.71. The van der Waals surface area contributed by atoms with Gasteiger partial charge in [0.2, 0.25) is 5.91 Å². The number of H-pyrrole nitrogens is 1. The number of nitrogens with one attached hydrogen (secondary N) is 2. The lowest BCUT2D eigenvalue weighted by Gasteiger charge is -2.10. The maximum absolute atomic E-state index is 11.5. The Hall–Kier alpha value is -1.10. The average Bonchev–Trinajstić information content (AvgIpc) is 2.65. The minimum Gasteiger partial charge on any atom is -0.356 e. The number of imidazole rings is 1. The van der Waals surface area contributed by atoms with Crippen LogP contribution in [-0.4, -0.2) is 22.0 Å². The summed E-state index contributed by atoms with van der Waals surface area (Å²) in [6.45, 7) is 7.66. The Balaban J connectivity index is 2.60. The van der Waals surface area contributed by atoms with Crippen molar-refractivity contribution in [3.63, 3.8) is 0 Å². The first-order valence-corrected chi connectivity index (χ1v) is 6.51. The van der Waals surface area contributed by atoms with Gasteiger partial charge in [-0.1, -0.05) is 20.8 Å². The molecule has 0 bridgehead atoms. The third-order valence-electron chi connectivity index (χ3n) is 2.63. The molecule has 0 aliphatic rings. The van der Waals surface area contributed by atoms with Crippen LogP contribution in [0.15, 0.2) is 6.20 Å². The minimum atomic E-state index is 0.0876. The number of hydrogen-bond donors (Lipinski definition) is 2. The Morgan fingerprint density at radius 2 is 2.29 bits per heavy atom. The topological polar surface area (TPSA) is 49.8 Å². The number of rotatable bonds is 6. The molecule has 0 saturated carbocycles. The van der Waals surface area contributed by atoms with Crippen LogP contribution < -0.4 is 5.32 Å². The minimum absolute atomic E-state index is 0.0876. The van der Waals surface area contributed by atoms with Gasteiger partial charge in [0.15, 0.2) is 4.77 Å². The van der Waals surface area contributed by atoms with Crippen molar-refractivity contribution < 1.29 is 4.79 Å². The van der Waals surface area contributed by atoms with Crippen molar-refractivity contribution in [3.05, 3.63) is 16.7 Å². The van der Waals surface area contributed by atoms with Crippen molar-refractivity contribution in [3.8, 4) is 0 Å². The van der Waals surface area contributed by atoms with Crippen LogP contribution in [0.5, 0.6) is 0 Å². The van der Waals surface area contributed by atoms with Crippen molar-refractivity contribution in [2.45, 2.75) is 46.1 Å². The second-order valence-corrected chi connectivity index (χ2v) is 4.81. The van der Waals surface area contributed by atoms with Crippen molar-refractivity contribution in [1.82, 2.24) is 14.9 Å². The predicted octanol–water partition coefficient (Wildman–Crippen LogP) is 2.59. The van der Waals surface area contributed by atoms with Gasteiger partial charge in [0, 0.05) is 31.4 Å². The molecule has 0 radical (unpaired) electrons. The fourth-order valence-corrected chi connectivity index (χ4v) is 1.94. The molecule has 1 amide bonds. The van der Waals surface area contributed by atoms with E-state index in [4.69, 9.17) is 12.2 Å². The molecule has 0 unspecified atom stereocenters. The van der Waals surface area contributed by atoms with Gasteiger partial charge in [0.25, 0.3) is 0 Å². The zero-order valence-electron chi connectivity index (χ0n) is 10.7. The molecule has 1 aromatic heterocycles. The molecule has 2 N–H and O–H groups in total. The van der Waals surface area contributed by atoms with Crippen LogP contribution >= 0.6 is 12.2 Å². The van der Waals surface area contributed by atoms with Crippen LogP contribution in [0.25, 0.3) is 0 Å². The predicted molar refractivity (Wildman–Crippen MR) is 71.6 cm³/mol. The number of aromatic amines is 1. The summed E-state index contributed by atoms with van der Waals surface area (Å²) in [6.07, 6.45) is 3.37. The first kappa shape index (κ1) is 14.0. The van der Waals surface area contributed by atoms with Crippen LogP contribution in [0.3, 0.4) is 0 Å². The third-order valence-corrected chi connectivity index (χ3v) is 2.96. The standard InChI is InChI=1S/C12H21N3OS/c1-4-6-13-11(16)5-7-15-10(9(2)3)8-14-12(15)17/h8-9H,4-7H2,1-3H3,(H,13,16)(H,14,17). The number of amides is 1. The van der Waals surface area contributed by atoms with E-state index in [-0.39, 0.29) is 5.91 Å². The number of carbonyl (C=O) groups excluding carboxylic acids is 1. The molecule has 4 nitrogen and oxygen atoms in total. The highest BCUT2D eigenvalue weighted by Crippen LogP contribution is 2.14. The summed E-state index contributed by atoms with van der Waals surface area (Å²) in [4.78, 5) is 14.6. The van der Waals surface area contributed by atoms with Crippen LogP contribution in [0.4, 0.5) is 0 Å². The van der Waals surface area contributed by atoms with Crippen LogP contribution in [0.1, 0.15) is 45.2 Å². The van der Waals surface area contributed by atoms with Crippen molar-refractivity contribution in [1.29, 1.82) is 0 Å². The normalized spacial score (nSPS) is 10.8. The second-order valence-electron chi connectivity index (χ2n) is 4.42. The van der Waals surface area contributed by atoms with Crippen molar-refractivity contribution in [2.75, 3.05) is 6.54 Å². The molecule has 17 heavy (non-hydrogen) atoms. The molecule has 0 spiro atoms. The van der Waals surface area contributed by atoms with Gasteiger partial charge < -0.3 is 14.9 Å². The fraction of sp³-hybridized carbons (Fsp3) is 0.667. The lowest BCUT2D eigenvalue weighted by atomic mass is 10.1. The van der Waals surface area contributed by atoms with Gasteiger partial charge >= 0.3 is 0 Å². The van der Waals surface area contributed by atoms with E-state index in [1.54, 1.807) is 0 Å². The van der Waals surface area contributed by atoms with Gasteiger partial charge in [-0.15, -0.1) is 0 Å². The first-order valence-electron chi connectivity index (χ1n) is 6.11. The zero-order chi connectivity index (χ0) is 12.8. The number of hydrogen-bond acceptors (Lipinski definition) is 2. The molecular formula is C12H21N3OS. The Morgan fingerprint density at radius 1 is 1.59 bits per heavy atom.